The number of benzene rings is 2. The quantitative estimate of drug-likeness (QED) is 0.0823. The molecule has 36 heavy (non-hydrogen) atoms. The molecule has 1 fully saturated rings. The van der Waals surface area contributed by atoms with Crippen LogP contribution in [-0.4, -0.2) is 56.4 Å². The first kappa shape index (κ1) is 27.9. The molecule has 2 atom stereocenters. The molecule has 2 unspecified atom stereocenters. The molecule has 0 aliphatic carbocycles. The number of nitrogen functional groups attached to an aromatic ring is 1. The number of nitrogens with two attached hydrogens (primary N) is 1. The Morgan fingerprint density at radius 3 is 2.50 bits per heavy atom. The van der Waals surface area contributed by atoms with E-state index >= 15 is 0 Å². The second-order valence-corrected chi connectivity index (χ2v) is 10.8. The Bertz CT molecular complexity index is 1080. The molecular formula is C28H38N5OPS. The van der Waals surface area contributed by atoms with Crippen LogP contribution in [0, 0.1) is 5.41 Å². The van der Waals surface area contributed by atoms with E-state index in [1.165, 1.54) is 25.4 Å². The number of aldehydes is 1. The van der Waals surface area contributed by atoms with Crippen molar-refractivity contribution in [3.05, 3.63) is 76.0 Å². The zero-order chi connectivity index (χ0) is 25.8. The summed E-state index contributed by atoms with van der Waals surface area (Å²) < 4.78 is 0. The summed E-state index contributed by atoms with van der Waals surface area (Å²) in [6.45, 7) is 5.36. The molecule has 0 saturated carbocycles. The zero-order valence-corrected chi connectivity index (χ0v) is 23.0. The molecule has 4 rings (SSSR count). The fourth-order valence-electron chi connectivity index (χ4n) is 4.17. The van der Waals surface area contributed by atoms with E-state index in [4.69, 9.17) is 11.1 Å². The lowest BCUT2D eigenvalue weighted by Crippen LogP contribution is -2.26. The zero-order valence-electron chi connectivity index (χ0n) is 21.2. The van der Waals surface area contributed by atoms with Gasteiger partial charge in [0.2, 0.25) is 0 Å². The van der Waals surface area contributed by atoms with Crippen molar-refractivity contribution in [1.82, 2.24) is 4.90 Å². The number of thiophene rings is 1. The molecule has 0 radical (unpaired) electrons. The number of nitrogens with one attached hydrogen (secondary N) is 3. The minimum atomic E-state index is 0.00810. The summed E-state index contributed by atoms with van der Waals surface area (Å²) in [4.78, 5) is 13.2. The van der Waals surface area contributed by atoms with Gasteiger partial charge in [-0.05, 0) is 97.9 Å². The minimum absolute atomic E-state index is 0.00810. The summed E-state index contributed by atoms with van der Waals surface area (Å²) in [5.74, 6) is 0. The van der Waals surface area contributed by atoms with Gasteiger partial charge in [0.25, 0.3) is 0 Å². The van der Waals surface area contributed by atoms with Crippen LogP contribution in [-0.2, 0) is 4.79 Å². The molecule has 1 aliphatic heterocycles. The van der Waals surface area contributed by atoms with Gasteiger partial charge in [-0.25, -0.2) is 0 Å². The standard InChI is InChI=1S/C18H25N4P.C10H13NOS/c1-21-15-8-9-17(19)16(12-15)18(20)13-4-6-14(7-5-13)22-10-3-11-23-2;12-7-10(9-3-6-13-8-9)11-4-1-2-5-11/h4-9,12,20-23H,3,10-11,19H2,1-2H3;3,6-8,10H,1-2,4-5H2. The Labute approximate surface area is 221 Å². The maximum absolute atomic E-state index is 11.0. The van der Waals surface area contributed by atoms with Crippen LogP contribution in [0.5, 0.6) is 0 Å². The Morgan fingerprint density at radius 1 is 1.17 bits per heavy atom. The number of hydrogen-bond donors (Lipinski definition) is 4. The fourth-order valence-corrected chi connectivity index (χ4v) is 5.39. The SMILES string of the molecule is CNc1ccc(N)c(C(=N)c2ccc(NCCCPC)cc2)c1.O=CC(c1ccsc1)N1CCCC1. The van der Waals surface area contributed by atoms with E-state index in [9.17, 15) is 4.79 Å². The second kappa shape index (κ2) is 14.7. The van der Waals surface area contributed by atoms with Crippen LogP contribution in [0.4, 0.5) is 17.1 Å². The molecule has 192 valence electrons. The number of rotatable bonds is 11. The van der Waals surface area contributed by atoms with E-state index < -0.39 is 0 Å². The number of carbonyl (C=O) groups excluding carboxylic acids is 1. The smallest absolute Gasteiger partial charge is 0.141 e. The molecule has 1 aliphatic rings. The maximum atomic E-state index is 11.0. The van der Waals surface area contributed by atoms with E-state index in [1.54, 1.807) is 11.3 Å². The summed E-state index contributed by atoms with van der Waals surface area (Å²) in [6, 6.07) is 15.7. The van der Waals surface area contributed by atoms with E-state index in [0.717, 1.165) is 62.6 Å². The molecule has 5 N–H and O–H groups in total. The number of nitrogens with zero attached hydrogens (tertiary/aromatic N) is 1. The third-order valence-electron chi connectivity index (χ3n) is 6.27. The van der Waals surface area contributed by atoms with Crippen molar-refractivity contribution in [1.29, 1.82) is 5.41 Å². The van der Waals surface area contributed by atoms with Crippen molar-refractivity contribution in [2.45, 2.75) is 25.3 Å². The van der Waals surface area contributed by atoms with Gasteiger partial charge in [-0.15, -0.1) is 8.58 Å². The van der Waals surface area contributed by atoms with E-state index in [1.807, 2.05) is 61.0 Å². The van der Waals surface area contributed by atoms with Crippen LogP contribution in [0.3, 0.4) is 0 Å². The third-order valence-corrected chi connectivity index (χ3v) is 7.82. The largest absolute Gasteiger partial charge is 0.398 e. The van der Waals surface area contributed by atoms with Crippen molar-refractivity contribution in [3.63, 3.8) is 0 Å². The van der Waals surface area contributed by atoms with Gasteiger partial charge in [0.1, 0.15) is 6.29 Å². The average molecular weight is 524 g/mol. The van der Waals surface area contributed by atoms with Gasteiger partial charge in [-0.2, -0.15) is 11.3 Å². The number of anilines is 3. The van der Waals surface area contributed by atoms with Crippen LogP contribution in [0.25, 0.3) is 0 Å². The Hall–Kier alpha value is -2.73. The van der Waals surface area contributed by atoms with E-state index in [-0.39, 0.29) is 6.04 Å². The highest BCUT2D eigenvalue weighted by Crippen LogP contribution is 2.25. The summed E-state index contributed by atoms with van der Waals surface area (Å²) in [7, 11) is 2.88. The molecule has 0 amide bonds. The van der Waals surface area contributed by atoms with Crippen LogP contribution < -0.4 is 16.4 Å². The molecule has 6 nitrogen and oxygen atoms in total. The fraction of sp³-hybridized carbons (Fsp3) is 0.357. The van der Waals surface area contributed by atoms with Crippen LogP contribution in [0.2, 0.25) is 0 Å². The van der Waals surface area contributed by atoms with Gasteiger partial charge in [0.05, 0.1) is 11.8 Å². The van der Waals surface area contributed by atoms with Crippen molar-refractivity contribution in [2.24, 2.45) is 0 Å². The lowest BCUT2D eigenvalue weighted by atomic mass is 10.00. The summed E-state index contributed by atoms with van der Waals surface area (Å²) in [6.07, 6.45) is 5.99. The lowest BCUT2D eigenvalue weighted by molar-refractivity contribution is -0.112. The number of likely N-dealkylation sites (tertiary alicyclic amines) is 1. The normalized spacial score (nSPS) is 14.3. The molecular weight excluding hydrogens is 485 g/mol. The van der Waals surface area contributed by atoms with Gasteiger partial charge in [-0.1, -0.05) is 12.1 Å². The molecule has 0 spiro atoms. The van der Waals surface area contributed by atoms with Gasteiger partial charge in [0.15, 0.2) is 0 Å². The van der Waals surface area contributed by atoms with E-state index in [2.05, 4.69) is 27.6 Å². The Morgan fingerprint density at radius 2 is 1.89 bits per heavy atom. The monoisotopic (exact) mass is 523 g/mol. The first-order chi connectivity index (χ1) is 17.6. The minimum Gasteiger partial charge on any atom is -0.398 e. The van der Waals surface area contributed by atoms with Crippen LogP contribution in [0.15, 0.2) is 59.3 Å². The molecule has 2 heterocycles. The molecule has 1 saturated heterocycles. The van der Waals surface area contributed by atoms with Gasteiger partial charge >= 0.3 is 0 Å². The number of hydrogen-bond acceptors (Lipinski definition) is 7. The van der Waals surface area contributed by atoms with Crippen molar-refractivity contribution >= 4 is 49.0 Å². The molecule has 0 bridgehead atoms. The molecule has 2 aromatic carbocycles. The maximum Gasteiger partial charge on any atom is 0.141 e. The summed E-state index contributed by atoms with van der Waals surface area (Å²) in [5, 5.41) is 19.0. The van der Waals surface area contributed by atoms with Crippen LogP contribution in [0.1, 0.15) is 42.0 Å². The van der Waals surface area contributed by atoms with Gasteiger partial charge in [0, 0.05) is 41.8 Å². The predicted molar refractivity (Wildman–Crippen MR) is 159 cm³/mol. The molecule has 1 aromatic heterocycles. The van der Waals surface area contributed by atoms with Crippen molar-refractivity contribution in [3.8, 4) is 0 Å². The highest BCUT2D eigenvalue weighted by Gasteiger charge is 2.22. The highest BCUT2D eigenvalue weighted by atomic mass is 32.1. The topological polar surface area (TPSA) is 94.2 Å². The predicted octanol–water partition coefficient (Wildman–Crippen LogP) is 5.92. The van der Waals surface area contributed by atoms with Crippen molar-refractivity contribution in [2.75, 3.05) is 55.9 Å². The summed E-state index contributed by atoms with van der Waals surface area (Å²) >= 11 is 1.66. The molecule has 8 heteroatoms. The second-order valence-electron chi connectivity index (χ2n) is 8.77. The first-order valence-corrected chi connectivity index (χ1v) is 15.1. The lowest BCUT2D eigenvalue weighted by Gasteiger charge is -2.21. The van der Waals surface area contributed by atoms with Crippen LogP contribution >= 0.6 is 19.9 Å². The third kappa shape index (κ3) is 7.89. The summed E-state index contributed by atoms with van der Waals surface area (Å²) in [5.41, 5.74) is 11.9. The molecule has 3 aromatic rings. The average Bonchev–Trinajstić information content (AvgIpc) is 3.64. The van der Waals surface area contributed by atoms with Gasteiger partial charge in [-0.3, -0.25) is 10.3 Å². The highest BCUT2D eigenvalue weighted by molar-refractivity contribution is 7.36. The van der Waals surface area contributed by atoms with Gasteiger partial charge < -0.3 is 21.2 Å². The Balaban J connectivity index is 0.000000233. The first-order valence-electron chi connectivity index (χ1n) is 12.4. The Kier molecular flexibility index (Phi) is 11.4. The van der Waals surface area contributed by atoms with Crippen molar-refractivity contribution < 1.29 is 4.79 Å². The number of carbonyl (C=O) groups is 1. The van der Waals surface area contributed by atoms with E-state index in [0.29, 0.717) is 11.4 Å².